The SMILES string of the molecule is CCOCC(=O)OC1=C(c2c(C)cc(C)c(C)c2C)C(=O)SC12CCCCC2. The van der Waals surface area contributed by atoms with Crippen molar-refractivity contribution in [2.24, 2.45) is 0 Å². The predicted molar refractivity (Wildman–Crippen MR) is 113 cm³/mol. The van der Waals surface area contributed by atoms with Gasteiger partial charge in [-0.15, -0.1) is 0 Å². The molecule has 4 nitrogen and oxygen atoms in total. The number of benzene rings is 1. The van der Waals surface area contributed by atoms with Gasteiger partial charge < -0.3 is 9.47 Å². The molecule has 1 aliphatic carbocycles. The largest absolute Gasteiger partial charge is 0.427 e. The van der Waals surface area contributed by atoms with Gasteiger partial charge in [0, 0.05) is 6.61 Å². The zero-order valence-electron chi connectivity index (χ0n) is 17.6. The predicted octanol–water partition coefficient (Wildman–Crippen LogP) is 5.19. The van der Waals surface area contributed by atoms with Crippen LogP contribution in [0, 0.1) is 27.7 Å². The summed E-state index contributed by atoms with van der Waals surface area (Å²) in [6.45, 7) is 10.5. The van der Waals surface area contributed by atoms with Crippen LogP contribution in [0.15, 0.2) is 11.8 Å². The van der Waals surface area contributed by atoms with Gasteiger partial charge >= 0.3 is 5.97 Å². The number of rotatable bonds is 5. The van der Waals surface area contributed by atoms with E-state index < -0.39 is 10.7 Å². The highest BCUT2D eigenvalue weighted by Gasteiger charge is 2.50. The van der Waals surface area contributed by atoms with E-state index >= 15 is 0 Å². The second kappa shape index (κ2) is 8.42. The molecule has 0 amide bonds. The quantitative estimate of drug-likeness (QED) is 0.635. The van der Waals surface area contributed by atoms with Gasteiger partial charge in [0.15, 0.2) is 0 Å². The number of thioether (sulfide) groups is 1. The van der Waals surface area contributed by atoms with Crippen LogP contribution in [-0.2, 0) is 19.1 Å². The van der Waals surface area contributed by atoms with E-state index in [9.17, 15) is 9.59 Å². The van der Waals surface area contributed by atoms with E-state index in [4.69, 9.17) is 9.47 Å². The smallest absolute Gasteiger partial charge is 0.337 e. The molecule has 0 unspecified atom stereocenters. The molecular weight excluding hydrogens is 372 g/mol. The fraction of sp³-hybridized carbons (Fsp3) is 0.565. The second-order valence-corrected chi connectivity index (χ2v) is 9.25. The lowest BCUT2D eigenvalue weighted by Gasteiger charge is -2.33. The third-order valence-corrected chi connectivity index (χ3v) is 7.41. The average Bonchev–Trinajstić information content (AvgIpc) is 2.90. The maximum absolute atomic E-state index is 13.2. The first kappa shape index (κ1) is 21.1. The van der Waals surface area contributed by atoms with Gasteiger partial charge in [0.05, 0.1) is 10.3 Å². The summed E-state index contributed by atoms with van der Waals surface area (Å²) in [4.78, 5) is 25.7. The molecule has 0 aromatic heterocycles. The van der Waals surface area contributed by atoms with E-state index in [0.29, 0.717) is 17.9 Å². The molecule has 2 aliphatic rings. The topological polar surface area (TPSA) is 52.6 Å². The van der Waals surface area contributed by atoms with Gasteiger partial charge in [-0.3, -0.25) is 4.79 Å². The van der Waals surface area contributed by atoms with Crippen LogP contribution in [0.1, 0.15) is 66.8 Å². The van der Waals surface area contributed by atoms with Crippen molar-refractivity contribution >= 4 is 28.4 Å². The molecule has 152 valence electrons. The van der Waals surface area contributed by atoms with E-state index in [0.717, 1.165) is 48.8 Å². The van der Waals surface area contributed by atoms with Crippen molar-refractivity contribution < 1.29 is 19.1 Å². The molecule has 0 bridgehead atoms. The van der Waals surface area contributed by atoms with E-state index in [1.807, 2.05) is 13.8 Å². The van der Waals surface area contributed by atoms with Crippen LogP contribution >= 0.6 is 11.8 Å². The van der Waals surface area contributed by atoms with Crippen LogP contribution in [-0.4, -0.2) is 29.0 Å². The number of aryl methyl sites for hydroxylation is 2. The average molecular weight is 403 g/mol. The van der Waals surface area contributed by atoms with Crippen LogP contribution in [0.5, 0.6) is 0 Å². The Balaban J connectivity index is 2.16. The van der Waals surface area contributed by atoms with Gasteiger partial charge in [0.2, 0.25) is 5.12 Å². The second-order valence-electron chi connectivity index (χ2n) is 7.90. The number of hydrogen-bond acceptors (Lipinski definition) is 5. The van der Waals surface area contributed by atoms with Gasteiger partial charge in [-0.05, 0) is 75.3 Å². The molecule has 0 N–H and O–H groups in total. The third kappa shape index (κ3) is 3.79. The first-order valence-corrected chi connectivity index (χ1v) is 11.0. The molecule has 1 heterocycles. The van der Waals surface area contributed by atoms with Gasteiger partial charge in [-0.25, -0.2) is 4.79 Å². The number of esters is 1. The monoisotopic (exact) mass is 402 g/mol. The molecule has 28 heavy (non-hydrogen) atoms. The maximum Gasteiger partial charge on any atom is 0.337 e. The third-order valence-electron chi connectivity index (χ3n) is 6.04. The molecule has 0 atom stereocenters. The number of ether oxygens (including phenoxy) is 2. The van der Waals surface area contributed by atoms with Gasteiger partial charge in [-0.2, -0.15) is 0 Å². The minimum atomic E-state index is -0.422. The summed E-state index contributed by atoms with van der Waals surface area (Å²) in [7, 11) is 0. The fourth-order valence-corrected chi connectivity index (χ4v) is 5.79. The number of carbonyl (C=O) groups excluding carboxylic acids is 2. The highest BCUT2D eigenvalue weighted by molar-refractivity contribution is 8.16. The van der Waals surface area contributed by atoms with Gasteiger partial charge in [0.25, 0.3) is 0 Å². The molecule has 1 aromatic rings. The summed E-state index contributed by atoms with van der Waals surface area (Å²) < 4.78 is 10.7. The first-order valence-electron chi connectivity index (χ1n) is 10.1. The summed E-state index contributed by atoms with van der Waals surface area (Å²) >= 11 is 1.36. The van der Waals surface area contributed by atoms with E-state index in [1.165, 1.54) is 22.9 Å². The van der Waals surface area contributed by atoms with Crippen LogP contribution < -0.4 is 0 Å². The maximum atomic E-state index is 13.2. The Morgan fingerprint density at radius 1 is 1.07 bits per heavy atom. The summed E-state index contributed by atoms with van der Waals surface area (Å²) in [6.07, 6.45) is 4.99. The van der Waals surface area contributed by atoms with Crippen molar-refractivity contribution in [1.82, 2.24) is 0 Å². The summed E-state index contributed by atoms with van der Waals surface area (Å²) in [5.74, 6) is 0.148. The zero-order valence-corrected chi connectivity index (χ0v) is 18.4. The Morgan fingerprint density at radius 2 is 1.75 bits per heavy atom. The molecule has 1 aromatic carbocycles. The lowest BCUT2D eigenvalue weighted by Crippen LogP contribution is -2.31. The normalized spacial score (nSPS) is 18.8. The van der Waals surface area contributed by atoms with Crippen molar-refractivity contribution in [3.05, 3.63) is 39.6 Å². The van der Waals surface area contributed by atoms with Crippen molar-refractivity contribution in [3.8, 4) is 0 Å². The summed E-state index contributed by atoms with van der Waals surface area (Å²) in [5, 5.41) is 0.0237. The lowest BCUT2D eigenvalue weighted by atomic mass is 9.82. The lowest BCUT2D eigenvalue weighted by molar-refractivity contribution is -0.145. The van der Waals surface area contributed by atoms with Gasteiger partial charge in [0.1, 0.15) is 12.4 Å². The van der Waals surface area contributed by atoms with Crippen molar-refractivity contribution in [2.45, 2.75) is 71.5 Å². The van der Waals surface area contributed by atoms with E-state index in [2.05, 4.69) is 26.8 Å². The minimum Gasteiger partial charge on any atom is -0.427 e. The molecular formula is C23H30O4S. The van der Waals surface area contributed by atoms with Crippen LogP contribution in [0.4, 0.5) is 0 Å². The summed E-state index contributed by atoms with van der Waals surface area (Å²) in [6, 6.07) is 2.12. The molecule has 1 aliphatic heterocycles. The summed E-state index contributed by atoms with van der Waals surface area (Å²) in [5.41, 5.74) is 6.05. The molecule has 1 spiro atoms. The van der Waals surface area contributed by atoms with Crippen molar-refractivity contribution in [2.75, 3.05) is 13.2 Å². The Morgan fingerprint density at radius 3 is 2.39 bits per heavy atom. The van der Waals surface area contributed by atoms with Crippen LogP contribution in [0.3, 0.4) is 0 Å². The first-order chi connectivity index (χ1) is 13.3. The number of hydrogen-bond donors (Lipinski definition) is 0. The van der Waals surface area contributed by atoms with Crippen molar-refractivity contribution in [3.63, 3.8) is 0 Å². The Hall–Kier alpha value is -1.59. The molecule has 5 heteroatoms. The fourth-order valence-electron chi connectivity index (χ4n) is 4.40. The number of carbonyl (C=O) groups is 2. The molecule has 1 saturated carbocycles. The van der Waals surface area contributed by atoms with E-state index in [1.54, 1.807) is 0 Å². The standard InChI is InChI=1S/C23H30O4S/c1-6-26-13-18(24)27-21-20(19-15(3)12-14(2)16(4)17(19)5)22(25)28-23(21)10-8-7-9-11-23/h12H,6-11,13H2,1-5H3. The molecule has 1 fully saturated rings. The Bertz CT molecular complexity index is 831. The molecule has 0 radical (unpaired) electrons. The van der Waals surface area contributed by atoms with Crippen LogP contribution in [0.2, 0.25) is 0 Å². The highest BCUT2D eigenvalue weighted by atomic mass is 32.2. The molecule has 0 saturated heterocycles. The zero-order chi connectivity index (χ0) is 20.5. The molecule has 3 rings (SSSR count). The highest BCUT2D eigenvalue weighted by Crippen LogP contribution is 2.55. The van der Waals surface area contributed by atoms with Gasteiger partial charge in [-0.1, -0.05) is 37.1 Å². The van der Waals surface area contributed by atoms with E-state index in [-0.39, 0.29) is 11.7 Å². The van der Waals surface area contributed by atoms with Crippen LogP contribution in [0.25, 0.3) is 5.57 Å². The Labute approximate surface area is 172 Å². The van der Waals surface area contributed by atoms with Crippen molar-refractivity contribution in [1.29, 1.82) is 0 Å². The Kier molecular flexibility index (Phi) is 6.35. The minimum absolute atomic E-state index is 0.0237.